The van der Waals surface area contributed by atoms with E-state index in [0.29, 0.717) is 24.1 Å². The Kier molecular flexibility index (Phi) is 9.09. The molecular formula is C37H43N3O7. The van der Waals surface area contributed by atoms with E-state index in [0.717, 1.165) is 0 Å². The summed E-state index contributed by atoms with van der Waals surface area (Å²) in [5, 5.41) is 10.8. The molecule has 6 rings (SSSR count). The SMILES string of the molecule is CC(C)N1CC=C[C@@]23O[C@H]4/C=C\CCC(=O)N(C)[C@@H](C)[C@H](c5ccccc5)OC(=O)[C@H]4[C@@H]2C(=O)N([C@H](CO)c2ccccc2)[C@H]3C1=O. The Morgan fingerprint density at radius 2 is 1.64 bits per heavy atom. The van der Waals surface area contributed by atoms with E-state index in [1.807, 2.05) is 87.5 Å². The van der Waals surface area contributed by atoms with Gasteiger partial charge in [0.25, 0.3) is 0 Å². The Hall–Kier alpha value is -4.28. The fraction of sp³-hybridized carbons (Fsp3) is 0.459. The van der Waals surface area contributed by atoms with Crippen molar-refractivity contribution >= 4 is 23.7 Å². The Balaban J connectivity index is 1.49. The molecule has 1 spiro atoms. The van der Waals surface area contributed by atoms with Crippen LogP contribution in [0.1, 0.15) is 56.9 Å². The lowest BCUT2D eigenvalue weighted by Gasteiger charge is -2.39. The molecule has 0 unspecified atom stereocenters. The molecule has 248 valence electrons. The number of hydrogen-bond donors (Lipinski definition) is 1. The van der Waals surface area contributed by atoms with Crippen molar-refractivity contribution in [3.8, 4) is 0 Å². The van der Waals surface area contributed by atoms with Crippen molar-refractivity contribution in [1.29, 1.82) is 0 Å². The largest absolute Gasteiger partial charge is 0.455 e. The van der Waals surface area contributed by atoms with Crippen molar-refractivity contribution in [1.82, 2.24) is 14.7 Å². The number of fused-ring (bicyclic) bond motifs is 2. The summed E-state index contributed by atoms with van der Waals surface area (Å²) in [4.78, 5) is 61.8. The van der Waals surface area contributed by atoms with Crippen LogP contribution in [-0.4, -0.2) is 93.5 Å². The molecule has 1 N–H and O–H groups in total. The van der Waals surface area contributed by atoms with E-state index in [2.05, 4.69) is 0 Å². The monoisotopic (exact) mass is 641 g/mol. The summed E-state index contributed by atoms with van der Waals surface area (Å²) in [6.45, 7) is 5.54. The first-order chi connectivity index (χ1) is 22.6. The van der Waals surface area contributed by atoms with Crippen LogP contribution in [0.4, 0.5) is 0 Å². The highest BCUT2D eigenvalue weighted by Crippen LogP contribution is 2.55. The van der Waals surface area contributed by atoms with E-state index in [1.165, 1.54) is 4.90 Å². The molecule has 2 aromatic carbocycles. The van der Waals surface area contributed by atoms with E-state index >= 15 is 0 Å². The number of carbonyl (C=O) groups excluding carboxylic acids is 4. The van der Waals surface area contributed by atoms with Crippen LogP contribution in [0.2, 0.25) is 0 Å². The lowest BCUT2D eigenvalue weighted by atomic mass is 9.77. The van der Waals surface area contributed by atoms with E-state index < -0.39 is 66.3 Å². The van der Waals surface area contributed by atoms with Gasteiger partial charge in [0.1, 0.15) is 23.7 Å². The first-order valence-corrected chi connectivity index (χ1v) is 16.4. The van der Waals surface area contributed by atoms with Crippen molar-refractivity contribution < 1.29 is 33.8 Å². The second-order valence-corrected chi connectivity index (χ2v) is 13.2. The number of likely N-dealkylation sites (N-methyl/N-ethyl adjacent to an activating group) is 1. The molecule has 4 aliphatic heterocycles. The standard InChI is InChI=1S/C37H43N3O7/c1-23(2)39-21-13-20-37-31(34(43)40(33(37)35(39)44)27(22-41)25-14-7-5-8-15-25)30-28(47-37)18-11-12-19-29(42)38(4)24(3)32(46-36(30)45)26-16-9-6-10-17-26/h5-11,13-18,20,23-24,27-28,30-33,41H,12,19,21-22H2,1-4H3/b18-11-/t24-,27+,28-,30+,31+,32+,33-,37+/m0/s1. The Morgan fingerprint density at radius 3 is 2.30 bits per heavy atom. The fourth-order valence-corrected chi connectivity index (χ4v) is 7.67. The summed E-state index contributed by atoms with van der Waals surface area (Å²) >= 11 is 0. The molecule has 10 heteroatoms. The number of nitrogens with zero attached hydrogens (tertiary/aromatic N) is 3. The highest BCUT2D eigenvalue weighted by molar-refractivity contribution is 5.99. The Labute approximate surface area is 275 Å². The summed E-state index contributed by atoms with van der Waals surface area (Å²) in [5.74, 6) is -3.70. The summed E-state index contributed by atoms with van der Waals surface area (Å²) < 4.78 is 13.1. The number of aliphatic hydroxyl groups is 1. The molecule has 47 heavy (non-hydrogen) atoms. The lowest BCUT2D eigenvalue weighted by molar-refractivity contribution is -0.164. The van der Waals surface area contributed by atoms with Crippen LogP contribution in [-0.2, 0) is 28.7 Å². The molecule has 0 saturated carbocycles. The second kappa shape index (κ2) is 13.1. The van der Waals surface area contributed by atoms with Crippen molar-refractivity contribution in [2.24, 2.45) is 11.8 Å². The molecule has 0 radical (unpaired) electrons. The topological polar surface area (TPSA) is 117 Å². The average Bonchev–Trinajstić information content (AvgIpc) is 3.46. The molecule has 0 aliphatic carbocycles. The third-order valence-corrected chi connectivity index (χ3v) is 10.2. The van der Waals surface area contributed by atoms with Gasteiger partial charge >= 0.3 is 5.97 Å². The van der Waals surface area contributed by atoms with Gasteiger partial charge in [-0.25, -0.2) is 0 Å². The molecule has 10 nitrogen and oxygen atoms in total. The minimum Gasteiger partial charge on any atom is -0.455 e. The number of carbonyl (C=O) groups is 4. The third kappa shape index (κ3) is 5.57. The summed E-state index contributed by atoms with van der Waals surface area (Å²) in [7, 11) is 1.70. The van der Waals surface area contributed by atoms with E-state index in [1.54, 1.807) is 35.1 Å². The van der Waals surface area contributed by atoms with Crippen molar-refractivity contribution in [3.63, 3.8) is 0 Å². The normalized spacial score (nSPS) is 32.6. The molecule has 3 amide bonds. The van der Waals surface area contributed by atoms with Crippen LogP contribution in [0.3, 0.4) is 0 Å². The van der Waals surface area contributed by atoms with E-state index in [4.69, 9.17) is 9.47 Å². The summed E-state index contributed by atoms with van der Waals surface area (Å²) in [6.07, 6.45) is 6.08. The van der Waals surface area contributed by atoms with Gasteiger partial charge in [0, 0.05) is 26.1 Å². The number of rotatable bonds is 5. The van der Waals surface area contributed by atoms with Crippen molar-refractivity contribution in [2.75, 3.05) is 20.2 Å². The lowest BCUT2D eigenvalue weighted by Crippen LogP contribution is -2.57. The quantitative estimate of drug-likeness (QED) is 0.392. The number of aliphatic hydroxyl groups excluding tert-OH is 1. The maximum atomic E-state index is 14.9. The Bertz CT molecular complexity index is 1560. The van der Waals surface area contributed by atoms with Crippen LogP contribution in [0, 0.1) is 11.8 Å². The zero-order chi connectivity index (χ0) is 33.5. The predicted octanol–water partition coefficient (Wildman–Crippen LogP) is 3.59. The fourth-order valence-electron chi connectivity index (χ4n) is 7.67. The molecule has 4 heterocycles. The number of likely N-dealkylation sites (tertiary alicyclic amines) is 1. The van der Waals surface area contributed by atoms with Gasteiger partial charge in [0.15, 0.2) is 0 Å². The number of amides is 3. The number of esters is 1. The Morgan fingerprint density at radius 1 is 0.957 bits per heavy atom. The predicted molar refractivity (Wildman–Crippen MR) is 173 cm³/mol. The van der Waals surface area contributed by atoms with Crippen molar-refractivity contribution in [3.05, 3.63) is 96.1 Å². The molecule has 4 aliphatic rings. The number of allylic oxidation sites excluding steroid dienone is 1. The third-order valence-electron chi connectivity index (χ3n) is 10.2. The summed E-state index contributed by atoms with van der Waals surface area (Å²) in [6, 6.07) is 15.7. The van der Waals surface area contributed by atoms with Gasteiger partial charge in [0.05, 0.1) is 30.7 Å². The van der Waals surface area contributed by atoms with Gasteiger partial charge in [-0.2, -0.15) is 0 Å². The molecular weight excluding hydrogens is 598 g/mol. The van der Waals surface area contributed by atoms with Crippen LogP contribution in [0.15, 0.2) is 85.0 Å². The molecule has 2 fully saturated rings. The molecule has 0 aromatic heterocycles. The molecule has 0 bridgehead atoms. The zero-order valence-electron chi connectivity index (χ0n) is 27.3. The van der Waals surface area contributed by atoms with Gasteiger partial charge in [-0.1, -0.05) is 85.0 Å². The minimum absolute atomic E-state index is 0.0908. The van der Waals surface area contributed by atoms with Gasteiger partial charge in [0.2, 0.25) is 17.7 Å². The number of hydrogen-bond acceptors (Lipinski definition) is 7. The van der Waals surface area contributed by atoms with E-state index in [9.17, 15) is 24.3 Å². The molecule has 2 aromatic rings. The van der Waals surface area contributed by atoms with Crippen LogP contribution in [0.5, 0.6) is 0 Å². The minimum atomic E-state index is -1.50. The second-order valence-electron chi connectivity index (χ2n) is 13.2. The number of cyclic esters (lactones) is 1. The number of benzene rings is 2. The average molecular weight is 642 g/mol. The first kappa shape index (κ1) is 32.7. The first-order valence-electron chi connectivity index (χ1n) is 16.4. The van der Waals surface area contributed by atoms with Crippen molar-refractivity contribution in [2.45, 2.75) is 75.6 Å². The van der Waals surface area contributed by atoms with E-state index in [-0.39, 0.29) is 24.3 Å². The highest BCUT2D eigenvalue weighted by atomic mass is 16.6. The maximum Gasteiger partial charge on any atom is 0.313 e. The summed E-state index contributed by atoms with van der Waals surface area (Å²) in [5.41, 5.74) is -0.122. The van der Waals surface area contributed by atoms with Gasteiger partial charge in [-0.15, -0.1) is 0 Å². The smallest absolute Gasteiger partial charge is 0.313 e. The van der Waals surface area contributed by atoms with Crippen LogP contribution in [0.25, 0.3) is 0 Å². The zero-order valence-corrected chi connectivity index (χ0v) is 27.3. The van der Waals surface area contributed by atoms with Gasteiger partial charge in [-0.05, 0) is 38.3 Å². The van der Waals surface area contributed by atoms with Gasteiger partial charge in [-0.3, -0.25) is 19.2 Å². The molecule has 8 atom stereocenters. The highest BCUT2D eigenvalue weighted by Gasteiger charge is 2.72. The molecule has 2 saturated heterocycles. The number of ether oxygens (including phenoxy) is 2. The van der Waals surface area contributed by atoms with Crippen LogP contribution >= 0.6 is 0 Å². The van der Waals surface area contributed by atoms with Crippen LogP contribution < -0.4 is 0 Å². The van der Waals surface area contributed by atoms with Gasteiger partial charge < -0.3 is 29.3 Å². The maximum absolute atomic E-state index is 14.9.